The van der Waals surface area contributed by atoms with Crippen LogP contribution in [0, 0.1) is 11.3 Å². The first-order chi connectivity index (χ1) is 12.1. The van der Waals surface area contributed by atoms with Crippen molar-refractivity contribution in [2.45, 2.75) is 45.4 Å². The maximum Gasteiger partial charge on any atom is 0.573 e. The molecule has 5 nitrogen and oxygen atoms in total. The van der Waals surface area contributed by atoms with Gasteiger partial charge in [0.1, 0.15) is 5.75 Å². The Morgan fingerprint density at radius 2 is 1.85 bits per heavy atom. The summed E-state index contributed by atoms with van der Waals surface area (Å²) in [5, 5.41) is 12.0. The van der Waals surface area contributed by atoms with Gasteiger partial charge < -0.3 is 15.2 Å². The van der Waals surface area contributed by atoms with Crippen LogP contribution in [-0.4, -0.2) is 29.9 Å². The van der Waals surface area contributed by atoms with Crippen LogP contribution in [0.1, 0.15) is 44.6 Å². The van der Waals surface area contributed by atoms with Gasteiger partial charge in [-0.15, -0.1) is 13.2 Å². The van der Waals surface area contributed by atoms with Crippen molar-refractivity contribution in [2.75, 3.05) is 6.54 Å². The average Bonchev–Trinajstić information content (AvgIpc) is 3.35. The Kier molecular flexibility index (Phi) is 5.83. The van der Waals surface area contributed by atoms with Gasteiger partial charge in [0.2, 0.25) is 5.91 Å². The predicted octanol–water partition coefficient (Wildman–Crippen LogP) is 3.70. The zero-order valence-electron chi connectivity index (χ0n) is 14.6. The third-order valence-corrected chi connectivity index (χ3v) is 5.08. The van der Waals surface area contributed by atoms with E-state index in [0.29, 0.717) is 24.8 Å². The van der Waals surface area contributed by atoms with Crippen LogP contribution in [0.25, 0.3) is 0 Å². The Morgan fingerprint density at radius 3 is 2.38 bits per heavy atom. The second kappa shape index (κ2) is 7.55. The number of amides is 1. The summed E-state index contributed by atoms with van der Waals surface area (Å²) in [6.07, 6.45) is -3.65. The molecular weight excluding hydrogens is 351 g/mol. The van der Waals surface area contributed by atoms with Crippen LogP contribution in [0.3, 0.4) is 0 Å². The smallest absolute Gasteiger partial charge is 0.481 e. The van der Waals surface area contributed by atoms with Crippen molar-refractivity contribution in [3.63, 3.8) is 0 Å². The zero-order valence-corrected chi connectivity index (χ0v) is 14.6. The normalized spacial score (nSPS) is 19.7. The Morgan fingerprint density at radius 1 is 1.23 bits per heavy atom. The van der Waals surface area contributed by atoms with Crippen molar-refractivity contribution in [3.05, 3.63) is 29.8 Å². The van der Waals surface area contributed by atoms with E-state index < -0.39 is 23.7 Å². The number of benzene rings is 1. The maximum absolute atomic E-state index is 12.5. The Labute approximate surface area is 149 Å². The molecular formula is C18H22F3NO4. The number of alkyl halides is 3. The molecule has 8 heteroatoms. The minimum atomic E-state index is -4.80. The number of carboxylic acids is 1. The van der Waals surface area contributed by atoms with Crippen LogP contribution in [0.15, 0.2) is 24.3 Å². The number of nitrogens with one attached hydrogen (secondary N) is 1. The minimum absolute atomic E-state index is 0.00190. The van der Waals surface area contributed by atoms with E-state index >= 15 is 0 Å². The second-order valence-corrected chi connectivity index (χ2v) is 6.54. The molecule has 0 saturated heterocycles. The molecule has 1 amide bonds. The number of para-hydroxylation sites is 1. The third kappa shape index (κ3) is 4.47. The lowest BCUT2D eigenvalue weighted by atomic mass is 9.82. The maximum atomic E-state index is 12.5. The molecule has 0 bridgehead atoms. The molecule has 0 aromatic heterocycles. The quantitative estimate of drug-likeness (QED) is 0.729. The van der Waals surface area contributed by atoms with Crippen LogP contribution in [0.5, 0.6) is 5.75 Å². The first-order valence-electron chi connectivity index (χ1n) is 8.49. The number of aliphatic carboxylic acids is 1. The van der Waals surface area contributed by atoms with Gasteiger partial charge in [-0.25, -0.2) is 0 Å². The fraction of sp³-hybridized carbons (Fsp3) is 0.556. The number of carbonyl (C=O) groups is 2. The Hall–Kier alpha value is -2.25. The molecule has 1 aliphatic carbocycles. The van der Waals surface area contributed by atoms with Crippen LogP contribution in [-0.2, 0) is 9.59 Å². The standard InChI is InChI=1S/C18H22F3NO4/c1-3-17(4-2,16(24)25)10-22-15(23)13-9-12(13)11-7-5-6-8-14(11)26-18(19,20)21/h5-8,12-13H,3-4,9-10H2,1-2H3,(H,22,23)(H,24,25). The van der Waals surface area contributed by atoms with E-state index in [1.807, 2.05) is 0 Å². The zero-order chi connectivity index (χ0) is 19.5. The summed E-state index contributed by atoms with van der Waals surface area (Å²) in [5.41, 5.74) is -0.697. The number of ether oxygens (including phenoxy) is 1. The molecule has 144 valence electrons. The summed E-state index contributed by atoms with van der Waals surface area (Å²) in [7, 11) is 0. The van der Waals surface area contributed by atoms with E-state index in [-0.39, 0.29) is 24.1 Å². The molecule has 2 unspecified atom stereocenters. The SMILES string of the molecule is CCC(CC)(CNC(=O)C1CC1c1ccccc1OC(F)(F)F)C(=O)O. The molecule has 2 rings (SSSR count). The van der Waals surface area contributed by atoms with E-state index in [4.69, 9.17) is 0 Å². The molecule has 1 aliphatic rings. The molecule has 0 spiro atoms. The van der Waals surface area contributed by atoms with Crippen LogP contribution < -0.4 is 10.1 Å². The first-order valence-corrected chi connectivity index (χ1v) is 8.49. The lowest BCUT2D eigenvalue weighted by Gasteiger charge is -2.26. The summed E-state index contributed by atoms with van der Waals surface area (Å²) >= 11 is 0. The highest BCUT2D eigenvalue weighted by Gasteiger charge is 2.47. The van der Waals surface area contributed by atoms with Gasteiger partial charge >= 0.3 is 12.3 Å². The number of rotatable bonds is 8. The molecule has 1 aromatic carbocycles. The monoisotopic (exact) mass is 373 g/mol. The summed E-state index contributed by atoms with van der Waals surface area (Å²) in [5.74, 6) is -2.46. The van der Waals surface area contributed by atoms with Gasteiger partial charge in [0.05, 0.1) is 5.41 Å². The number of halogens is 3. The van der Waals surface area contributed by atoms with Crippen molar-refractivity contribution < 1.29 is 32.6 Å². The van der Waals surface area contributed by atoms with Gasteiger partial charge in [-0.3, -0.25) is 9.59 Å². The fourth-order valence-corrected chi connectivity index (χ4v) is 3.10. The van der Waals surface area contributed by atoms with Crippen molar-refractivity contribution >= 4 is 11.9 Å². The highest BCUT2D eigenvalue weighted by molar-refractivity contribution is 5.84. The first kappa shape index (κ1) is 20.1. The number of hydrogen-bond donors (Lipinski definition) is 2. The van der Waals surface area contributed by atoms with E-state index in [1.54, 1.807) is 19.9 Å². The van der Waals surface area contributed by atoms with Gasteiger partial charge in [0.25, 0.3) is 0 Å². The number of carbonyl (C=O) groups excluding carboxylic acids is 1. The average molecular weight is 373 g/mol. The molecule has 2 atom stereocenters. The van der Waals surface area contributed by atoms with Crippen molar-refractivity contribution in [1.82, 2.24) is 5.32 Å². The van der Waals surface area contributed by atoms with Gasteiger partial charge in [-0.05, 0) is 36.8 Å². The number of carboxylic acid groups (broad SMARTS) is 1. The molecule has 26 heavy (non-hydrogen) atoms. The van der Waals surface area contributed by atoms with E-state index in [0.717, 1.165) is 0 Å². The summed E-state index contributed by atoms with van der Waals surface area (Å²) < 4.78 is 41.6. The van der Waals surface area contributed by atoms with Gasteiger partial charge in [-0.2, -0.15) is 0 Å². The largest absolute Gasteiger partial charge is 0.573 e. The van der Waals surface area contributed by atoms with Crippen LogP contribution >= 0.6 is 0 Å². The Bertz CT molecular complexity index is 671. The van der Waals surface area contributed by atoms with Crippen LogP contribution in [0.2, 0.25) is 0 Å². The Balaban J connectivity index is 2.03. The minimum Gasteiger partial charge on any atom is -0.481 e. The summed E-state index contributed by atoms with van der Waals surface area (Å²) in [4.78, 5) is 23.8. The van der Waals surface area contributed by atoms with E-state index in [1.165, 1.54) is 18.2 Å². The molecule has 0 aliphatic heterocycles. The molecule has 0 heterocycles. The molecule has 2 N–H and O–H groups in total. The molecule has 1 aromatic rings. The van der Waals surface area contributed by atoms with E-state index in [9.17, 15) is 27.9 Å². The molecule has 1 fully saturated rings. The molecule has 1 saturated carbocycles. The highest BCUT2D eigenvalue weighted by Crippen LogP contribution is 2.51. The summed E-state index contributed by atoms with van der Waals surface area (Å²) in [6.45, 7) is 3.49. The van der Waals surface area contributed by atoms with E-state index in [2.05, 4.69) is 10.1 Å². The van der Waals surface area contributed by atoms with Gasteiger partial charge in [-0.1, -0.05) is 32.0 Å². The predicted molar refractivity (Wildman–Crippen MR) is 87.6 cm³/mol. The number of hydrogen-bond acceptors (Lipinski definition) is 3. The van der Waals surface area contributed by atoms with Gasteiger partial charge in [0, 0.05) is 12.5 Å². The van der Waals surface area contributed by atoms with Crippen molar-refractivity contribution in [2.24, 2.45) is 11.3 Å². The van der Waals surface area contributed by atoms with Crippen molar-refractivity contribution in [1.29, 1.82) is 0 Å². The fourth-order valence-electron chi connectivity index (χ4n) is 3.10. The second-order valence-electron chi connectivity index (χ2n) is 6.54. The third-order valence-electron chi connectivity index (χ3n) is 5.08. The lowest BCUT2D eigenvalue weighted by molar-refractivity contribution is -0.274. The topological polar surface area (TPSA) is 75.6 Å². The molecule has 0 radical (unpaired) electrons. The lowest BCUT2D eigenvalue weighted by Crippen LogP contribution is -2.43. The van der Waals surface area contributed by atoms with Crippen LogP contribution in [0.4, 0.5) is 13.2 Å². The van der Waals surface area contributed by atoms with Crippen molar-refractivity contribution in [3.8, 4) is 5.75 Å². The highest BCUT2D eigenvalue weighted by atomic mass is 19.4. The van der Waals surface area contributed by atoms with Gasteiger partial charge in [0.15, 0.2) is 0 Å². The summed E-state index contributed by atoms with van der Waals surface area (Å²) in [6, 6.07) is 5.76.